The van der Waals surface area contributed by atoms with E-state index in [9.17, 15) is 14.7 Å². The summed E-state index contributed by atoms with van der Waals surface area (Å²) in [5.41, 5.74) is -0.489. The Hall–Kier alpha value is -1.59. The average molecular weight is 378 g/mol. The van der Waals surface area contributed by atoms with Crippen LogP contribution in [0.15, 0.2) is 24.3 Å². The molecule has 2 atom stereocenters. The van der Waals surface area contributed by atoms with E-state index in [1.807, 2.05) is 24.3 Å². The summed E-state index contributed by atoms with van der Waals surface area (Å²) in [5, 5.41) is 10.4. The minimum Gasteiger partial charge on any atom is -0.481 e. The molecule has 5 nitrogen and oxygen atoms in total. The maximum absolute atomic E-state index is 13.7. The van der Waals surface area contributed by atoms with Gasteiger partial charge in [-0.25, -0.2) is 0 Å². The second-order valence-electron chi connectivity index (χ2n) is 8.01. The molecular formula is C20H24ClNO4. The van der Waals surface area contributed by atoms with Gasteiger partial charge in [-0.15, -0.1) is 0 Å². The number of carboxylic acids is 1. The normalized spacial score (nSPS) is 30.2. The van der Waals surface area contributed by atoms with Gasteiger partial charge in [-0.2, -0.15) is 0 Å². The number of nitrogens with zero attached hydrogens (tertiary/aromatic N) is 1. The summed E-state index contributed by atoms with van der Waals surface area (Å²) in [6.45, 7) is 1.34. The number of carbonyl (C=O) groups excluding carboxylic acids is 1. The second-order valence-corrected chi connectivity index (χ2v) is 8.45. The molecular weight excluding hydrogens is 354 g/mol. The zero-order chi connectivity index (χ0) is 18.4. The minimum atomic E-state index is -0.939. The molecule has 1 unspecified atom stereocenters. The lowest BCUT2D eigenvalue weighted by molar-refractivity contribution is -0.150. The van der Waals surface area contributed by atoms with E-state index in [0.29, 0.717) is 18.2 Å². The van der Waals surface area contributed by atoms with Gasteiger partial charge in [-0.3, -0.25) is 9.59 Å². The third-order valence-electron chi connectivity index (χ3n) is 6.60. The highest BCUT2D eigenvalue weighted by Gasteiger charge is 2.59. The van der Waals surface area contributed by atoms with E-state index in [1.165, 1.54) is 0 Å². The summed E-state index contributed by atoms with van der Waals surface area (Å²) in [6.07, 6.45) is 4.78. The van der Waals surface area contributed by atoms with E-state index in [4.69, 9.17) is 16.3 Å². The topological polar surface area (TPSA) is 66.8 Å². The summed E-state index contributed by atoms with van der Waals surface area (Å²) < 4.78 is 5.44. The molecule has 6 heteroatoms. The molecule has 2 aliphatic heterocycles. The summed E-state index contributed by atoms with van der Waals surface area (Å²) in [4.78, 5) is 27.4. The Morgan fingerprint density at radius 3 is 2.46 bits per heavy atom. The zero-order valence-electron chi connectivity index (χ0n) is 14.7. The van der Waals surface area contributed by atoms with Crippen molar-refractivity contribution in [1.82, 2.24) is 4.90 Å². The Morgan fingerprint density at radius 2 is 1.85 bits per heavy atom. The van der Waals surface area contributed by atoms with Crippen molar-refractivity contribution in [3.8, 4) is 0 Å². The highest BCUT2D eigenvalue weighted by Crippen LogP contribution is 2.46. The molecule has 0 radical (unpaired) electrons. The fourth-order valence-electron chi connectivity index (χ4n) is 5.05. The van der Waals surface area contributed by atoms with Crippen LogP contribution in [0.4, 0.5) is 0 Å². The summed E-state index contributed by atoms with van der Waals surface area (Å²) >= 11 is 6.05. The first-order valence-electron chi connectivity index (χ1n) is 9.35. The van der Waals surface area contributed by atoms with Gasteiger partial charge in [0.15, 0.2) is 0 Å². The number of aliphatic carboxylic acids is 1. The van der Waals surface area contributed by atoms with Gasteiger partial charge in [0.25, 0.3) is 0 Å². The van der Waals surface area contributed by atoms with E-state index in [-0.39, 0.29) is 25.0 Å². The molecule has 26 heavy (non-hydrogen) atoms. The number of ether oxygens (including phenoxy) is 1. The molecule has 0 aromatic heterocycles. The minimum absolute atomic E-state index is 0.0783. The van der Waals surface area contributed by atoms with Crippen LogP contribution in [0.2, 0.25) is 5.02 Å². The van der Waals surface area contributed by atoms with Gasteiger partial charge in [-0.05, 0) is 30.5 Å². The van der Waals surface area contributed by atoms with Crippen molar-refractivity contribution in [2.24, 2.45) is 11.3 Å². The van der Waals surface area contributed by atoms with Gasteiger partial charge >= 0.3 is 5.97 Å². The quantitative estimate of drug-likeness (QED) is 0.878. The molecule has 140 valence electrons. The number of carbonyl (C=O) groups is 2. The van der Waals surface area contributed by atoms with E-state index >= 15 is 0 Å². The number of benzene rings is 1. The zero-order valence-corrected chi connectivity index (χ0v) is 15.5. The highest BCUT2D eigenvalue weighted by molar-refractivity contribution is 6.30. The maximum atomic E-state index is 13.7. The maximum Gasteiger partial charge on any atom is 0.314 e. The Bertz CT molecular complexity index is 713. The van der Waals surface area contributed by atoms with Gasteiger partial charge in [0.2, 0.25) is 5.91 Å². The van der Waals surface area contributed by atoms with Crippen LogP contribution in [-0.2, 0) is 19.7 Å². The van der Waals surface area contributed by atoms with Crippen LogP contribution < -0.4 is 0 Å². The van der Waals surface area contributed by atoms with Crippen molar-refractivity contribution in [2.45, 2.75) is 37.5 Å². The van der Waals surface area contributed by atoms with Crippen molar-refractivity contribution in [2.75, 3.05) is 26.3 Å². The first-order valence-corrected chi connectivity index (χ1v) is 9.72. The van der Waals surface area contributed by atoms with Crippen LogP contribution in [0.5, 0.6) is 0 Å². The molecule has 4 rings (SSSR count). The molecule has 1 aromatic rings. The van der Waals surface area contributed by atoms with Crippen molar-refractivity contribution in [3.63, 3.8) is 0 Å². The van der Waals surface area contributed by atoms with Crippen molar-refractivity contribution in [3.05, 3.63) is 34.9 Å². The van der Waals surface area contributed by atoms with Crippen LogP contribution in [-0.4, -0.2) is 48.2 Å². The van der Waals surface area contributed by atoms with Crippen LogP contribution in [0.1, 0.15) is 37.7 Å². The standard InChI is InChI=1S/C20H24ClNO4/c21-16-6-4-14(5-7-16)19(8-2-1-3-9-19)17(23)22-10-15-11-26-13-20(15,12-22)18(24)25/h4-7,15H,1-3,8-13H2,(H,24,25)/t15?,20-/m1/s1. The largest absolute Gasteiger partial charge is 0.481 e. The number of rotatable bonds is 3. The average Bonchev–Trinajstić information content (AvgIpc) is 3.21. The predicted molar refractivity (Wildman–Crippen MR) is 97.2 cm³/mol. The third-order valence-corrected chi connectivity index (χ3v) is 6.85. The number of carboxylic acid groups (broad SMARTS) is 1. The number of amides is 1. The van der Waals surface area contributed by atoms with E-state index < -0.39 is 16.8 Å². The molecule has 0 bridgehead atoms. The lowest BCUT2D eigenvalue weighted by Crippen LogP contribution is -2.49. The van der Waals surface area contributed by atoms with Crippen LogP contribution in [0.3, 0.4) is 0 Å². The van der Waals surface area contributed by atoms with E-state index in [1.54, 1.807) is 4.90 Å². The van der Waals surface area contributed by atoms with Crippen molar-refractivity contribution in [1.29, 1.82) is 0 Å². The molecule has 3 fully saturated rings. The SMILES string of the molecule is O=C(N1CC2COC[C@]2(C(=O)O)C1)C1(c2ccc(Cl)cc2)CCCCC1. The highest BCUT2D eigenvalue weighted by atomic mass is 35.5. The molecule has 0 spiro atoms. The number of halogens is 1. The first-order chi connectivity index (χ1) is 12.5. The fourth-order valence-corrected chi connectivity index (χ4v) is 5.17. The van der Waals surface area contributed by atoms with Gasteiger partial charge in [0.1, 0.15) is 5.41 Å². The molecule has 1 N–H and O–H groups in total. The number of hydrogen-bond donors (Lipinski definition) is 1. The first kappa shape index (κ1) is 17.8. The van der Waals surface area contributed by atoms with Crippen LogP contribution in [0, 0.1) is 11.3 Å². The second kappa shape index (κ2) is 6.54. The number of likely N-dealkylation sites (tertiary alicyclic amines) is 1. The van der Waals surface area contributed by atoms with Gasteiger partial charge in [-0.1, -0.05) is 43.0 Å². The lowest BCUT2D eigenvalue weighted by atomic mass is 9.68. The Balaban J connectivity index is 1.66. The lowest BCUT2D eigenvalue weighted by Gasteiger charge is -2.39. The summed E-state index contributed by atoms with van der Waals surface area (Å²) in [7, 11) is 0. The Labute approximate surface area is 158 Å². The number of fused-ring (bicyclic) bond motifs is 1. The molecule has 3 aliphatic rings. The van der Waals surface area contributed by atoms with Crippen molar-refractivity contribution < 1.29 is 19.4 Å². The molecule has 1 amide bonds. The summed E-state index contributed by atoms with van der Waals surface area (Å²) in [5.74, 6) is -0.885. The van der Waals surface area contributed by atoms with Crippen molar-refractivity contribution >= 4 is 23.5 Å². The smallest absolute Gasteiger partial charge is 0.314 e. The third kappa shape index (κ3) is 2.64. The van der Waals surface area contributed by atoms with Gasteiger partial charge < -0.3 is 14.7 Å². The number of hydrogen-bond acceptors (Lipinski definition) is 3. The predicted octanol–water partition coefficient (Wildman–Crippen LogP) is 3.10. The molecule has 2 saturated heterocycles. The molecule has 1 saturated carbocycles. The fraction of sp³-hybridized carbons (Fsp3) is 0.600. The van der Waals surface area contributed by atoms with Gasteiger partial charge in [0.05, 0.1) is 18.6 Å². The Kier molecular flexibility index (Phi) is 4.48. The van der Waals surface area contributed by atoms with Gasteiger partial charge in [0, 0.05) is 24.0 Å². The van der Waals surface area contributed by atoms with E-state index in [2.05, 4.69) is 0 Å². The summed E-state index contributed by atoms with van der Waals surface area (Å²) in [6, 6.07) is 7.59. The monoisotopic (exact) mass is 377 g/mol. The molecule has 2 heterocycles. The van der Waals surface area contributed by atoms with E-state index in [0.717, 1.165) is 37.7 Å². The molecule has 1 aliphatic carbocycles. The Morgan fingerprint density at radius 1 is 1.15 bits per heavy atom. The molecule has 1 aromatic carbocycles. The van der Waals surface area contributed by atoms with Crippen LogP contribution in [0.25, 0.3) is 0 Å². The van der Waals surface area contributed by atoms with Crippen LogP contribution >= 0.6 is 11.6 Å².